The molecule has 0 spiro atoms. The third-order valence-electron chi connectivity index (χ3n) is 6.92. The number of aromatic carboxylic acids is 1. The first-order valence-electron chi connectivity index (χ1n) is 12.0. The van der Waals surface area contributed by atoms with E-state index in [1.165, 1.54) is 19.3 Å². The molecule has 4 rings (SSSR count). The van der Waals surface area contributed by atoms with E-state index in [0.717, 1.165) is 63.2 Å². The lowest BCUT2D eigenvalue weighted by molar-refractivity contribution is 0.0605. The van der Waals surface area contributed by atoms with E-state index in [4.69, 9.17) is 5.11 Å². The molecule has 0 atom stereocenters. The summed E-state index contributed by atoms with van der Waals surface area (Å²) in [5, 5.41) is 17.2. The smallest absolute Gasteiger partial charge is 0.335 e. The Bertz CT molecular complexity index is 896. The first-order valence-corrected chi connectivity index (χ1v) is 12.0. The molecule has 2 N–H and O–H groups in total. The molecule has 2 aliphatic rings. The number of nitrogens with zero attached hydrogens (tertiary/aromatic N) is 3. The molecular formula is C25H34N4O3. The molecule has 1 aromatic heterocycles. The summed E-state index contributed by atoms with van der Waals surface area (Å²) in [4.78, 5) is 26.6. The lowest BCUT2D eigenvalue weighted by Gasteiger charge is -2.34. The van der Waals surface area contributed by atoms with Gasteiger partial charge in [-0.3, -0.25) is 9.48 Å². The van der Waals surface area contributed by atoms with Crippen LogP contribution in [0.2, 0.25) is 0 Å². The van der Waals surface area contributed by atoms with Crippen LogP contribution in [0.3, 0.4) is 0 Å². The number of carbonyl (C=O) groups is 2. The zero-order valence-electron chi connectivity index (χ0n) is 18.7. The SMILES string of the molecule is O=C(O)c1ccc(CN(C(=O)c2ccn(CCC3CCNCC3)n2)C2CCCCC2)cc1. The highest BCUT2D eigenvalue weighted by atomic mass is 16.4. The van der Waals surface area contributed by atoms with Crippen molar-refractivity contribution in [2.45, 2.75) is 70.5 Å². The number of carbonyl (C=O) groups excluding carboxylic acids is 1. The highest BCUT2D eigenvalue weighted by molar-refractivity contribution is 5.92. The standard InChI is InChI=1S/C25H34N4O3/c30-24(23-13-17-28(27-23)16-12-19-10-14-26-15-11-19)29(22-4-2-1-3-5-22)18-20-6-8-21(9-7-20)25(31)32/h6-9,13,17,19,22,26H,1-5,10-12,14-16,18H2,(H,31,32). The number of aryl methyl sites for hydroxylation is 1. The van der Waals surface area contributed by atoms with Crippen molar-refractivity contribution in [1.29, 1.82) is 0 Å². The first-order chi connectivity index (χ1) is 15.6. The minimum absolute atomic E-state index is 0.0279. The summed E-state index contributed by atoms with van der Waals surface area (Å²) in [6, 6.07) is 8.88. The van der Waals surface area contributed by atoms with Crippen LogP contribution in [0.1, 0.15) is 77.8 Å². The summed E-state index contributed by atoms with van der Waals surface area (Å²) >= 11 is 0. The van der Waals surface area contributed by atoms with Gasteiger partial charge in [0, 0.05) is 25.3 Å². The molecule has 7 nitrogen and oxygen atoms in total. The molecule has 0 unspecified atom stereocenters. The normalized spacial score (nSPS) is 17.9. The van der Waals surface area contributed by atoms with Crippen molar-refractivity contribution in [3.05, 3.63) is 53.3 Å². The van der Waals surface area contributed by atoms with Gasteiger partial charge in [-0.1, -0.05) is 31.4 Å². The van der Waals surface area contributed by atoms with Crippen molar-refractivity contribution < 1.29 is 14.7 Å². The van der Waals surface area contributed by atoms with E-state index in [9.17, 15) is 9.59 Å². The molecule has 7 heteroatoms. The highest BCUT2D eigenvalue weighted by Gasteiger charge is 2.28. The fourth-order valence-corrected chi connectivity index (χ4v) is 4.94. The molecule has 1 aromatic carbocycles. The number of aromatic nitrogens is 2. The minimum atomic E-state index is -0.938. The molecule has 2 heterocycles. The third-order valence-corrected chi connectivity index (χ3v) is 6.92. The van der Waals surface area contributed by atoms with Gasteiger partial charge in [0.2, 0.25) is 0 Å². The molecule has 1 saturated carbocycles. The van der Waals surface area contributed by atoms with Crippen LogP contribution in [-0.2, 0) is 13.1 Å². The summed E-state index contributed by atoms with van der Waals surface area (Å²) in [7, 11) is 0. The summed E-state index contributed by atoms with van der Waals surface area (Å²) in [6.07, 6.45) is 11.0. The van der Waals surface area contributed by atoms with E-state index in [0.29, 0.717) is 12.2 Å². The number of carboxylic acids is 1. The predicted octanol–water partition coefficient (Wildman–Crippen LogP) is 3.95. The van der Waals surface area contributed by atoms with E-state index in [-0.39, 0.29) is 17.5 Å². The fraction of sp³-hybridized carbons (Fsp3) is 0.560. The molecule has 0 radical (unpaired) electrons. The van der Waals surface area contributed by atoms with Crippen molar-refractivity contribution in [1.82, 2.24) is 20.0 Å². The van der Waals surface area contributed by atoms with Crippen LogP contribution >= 0.6 is 0 Å². The molecule has 32 heavy (non-hydrogen) atoms. The Balaban J connectivity index is 1.44. The summed E-state index contributed by atoms with van der Waals surface area (Å²) in [5.41, 5.74) is 1.71. The lowest BCUT2D eigenvalue weighted by atomic mass is 9.93. The number of benzene rings is 1. The van der Waals surface area contributed by atoms with E-state index >= 15 is 0 Å². The largest absolute Gasteiger partial charge is 0.478 e. The quantitative estimate of drug-likeness (QED) is 0.652. The van der Waals surface area contributed by atoms with Crippen LogP contribution in [-0.4, -0.2) is 50.8 Å². The second-order valence-electron chi connectivity index (χ2n) is 9.17. The van der Waals surface area contributed by atoms with Gasteiger partial charge in [-0.2, -0.15) is 5.10 Å². The van der Waals surface area contributed by atoms with Crippen LogP contribution < -0.4 is 5.32 Å². The molecule has 1 aliphatic carbocycles. The Morgan fingerprint density at radius 2 is 1.75 bits per heavy atom. The van der Waals surface area contributed by atoms with Crippen LogP contribution in [0.5, 0.6) is 0 Å². The Hall–Kier alpha value is -2.67. The van der Waals surface area contributed by atoms with E-state index < -0.39 is 5.97 Å². The Morgan fingerprint density at radius 3 is 2.44 bits per heavy atom. The second kappa shape index (κ2) is 10.8. The average Bonchev–Trinajstić information content (AvgIpc) is 3.31. The maximum Gasteiger partial charge on any atom is 0.335 e. The highest BCUT2D eigenvalue weighted by Crippen LogP contribution is 2.26. The Kier molecular flexibility index (Phi) is 7.58. The molecule has 1 aliphatic heterocycles. The number of piperidine rings is 1. The zero-order chi connectivity index (χ0) is 22.3. The van der Waals surface area contributed by atoms with Crippen molar-refractivity contribution in [3.63, 3.8) is 0 Å². The maximum atomic E-state index is 13.5. The van der Waals surface area contributed by atoms with Gasteiger partial charge in [0.25, 0.3) is 5.91 Å². The number of hydrogen-bond donors (Lipinski definition) is 2. The Morgan fingerprint density at radius 1 is 1.03 bits per heavy atom. The van der Waals surface area contributed by atoms with Gasteiger partial charge in [0.15, 0.2) is 0 Å². The summed E-state index contributed by atoms with van der Waals surface area (Å²) in [5.74, 6) is -0.237. The number of nitrogens with one attached hydrogen (secondary N) is 1. The van der Waals surface area contributed by atoms with E-state index in [1.807, 2.05) is 34.0 Å². The topological polar surface area (TPSA) is 87.5 Å². The molecule has 172 valence electrons. The number of carboxylic acid groups (broad SMARTS) is 1. The van der Waals surface area contributed by atoms with Crippen LogP contribution in [0, 0.1) is 5.92 Å². The van der Waals surface area contributed by atoms with Gasteiger partial charge in [-0.25, -0.2) is 4.79 Å². The molecule has 0 bridgehead atoms. The zero-order valence-corrected chi connectivity index (χ0v) is 18.7. The van der Waals surface area contributed by atoms with Crippen molar-refractivity contribution in [2.75, 3.05) is 13.1 Å². The minimum Gasteiger partial charge on any atom is -0.478 e. The molecule has 1 saturated heterocycles. The monoisotopic (exact) mass is 438 g/mol. The van der Waals surface area contributed by atoms with Crippen molar-refractivity contribution in [3.8, 4) is 0 Å². The van der Waals surface area contributed by atoms with Crippen LogP contribution in [0.4, 0.5) is 0 Å². The number of rotatable bonds is 8. The van der Waals surface area contributed by atoms with Gasteiger partial charge in [-0.05, 0) is 74.9 Å². The van der Waals surface area contributed by atoms with Crippen molar-refractivity contribution in [2.24, 2.45) is 5.92 Å². The Labute approximate surface area is 189 Å². The third kappa shape index (κ3) is 5.76. The first kappa shape index (κ1) is 22.5. The van der Waals surface area contributed by atoms with Crippen LogP contribution in [0.25, 0.3) is 0 Å². The summed E-state index contributed by atoms with van der Waals surface area (Å²) < 4.78 is 1.91. The van der Waals surface area contributed by atoms with Gasteiger partial charge < -0.3 is 15.3 Å². The predicted molar refractivity (Wildman–Crippen MR) is 123 cm³/mol. The van der Waals surface area contributed by atoms with E-state index in [1.54, 1.807) is 12.1 Å². The van der Waals surface area contributed by atoms with Gasteiger partial charge in [0.1, 0.15) is 5.69 Å². The number of hydrogen-bond acceptors (Lipinski definition) is 4. The van der Waals surface area contributed by atoms with Crippen LogP contribution in [0.15, 0.2) is 36.5 Å². The molecule has 2 fully saturated rings. The van der Waals surface area contributed by atoms with Gasteiger partial charge in [-0.15, -0.1) is 0 Å². The molecular weight excluding hydrogens is 404 g/mol. The van der Waals surface area contributed by atoms with Gasteiger partial charge >= 0.3 is 5.97 Å². The number of amides is 1. The lowest BCUT2D eigenvalue weighted by Crippen LogP contribution is -2.41. The maximum absolute atomic E-state index is 13.5. The summed E-state index contributed by atoms with van der Waals surface area (Å²) in [6.45, 7) is 3.51. The van der Waals surface area contributed by atoms with Crippen molar-refractivity contribution >= 4 is 11.9 Å². The van der Waals surface area contributed by atoms with Gasteiger partial charge in [0.05, 0.1) is 5.56 Å². The molecule has 1 amide bonds. The molecule has 2 aromatic rings. The second-order valence-corrected chi connectivity index (χ2v) is 9.17. The van der Waals surface area contributed by atoms with E-state index in [2.05, 4.69) is 10.4 Å². The average molecular weight is 439 g/mol. The fourth-order valence-electron chi connectivity index (χ4n) is 4.94.